The van der Waals surface area contributed by atoms with E-state index in [2.05, 4.69) is 72.8 Å². The molecule has 3 heteroatoms. The average molecular weight is 380 g/mol. The second-order valence-corrected chi connectivity index (χ2v) is 9.21. The second-order valence-electron chi connectivity index (χ2n) is 7.03. The Hall–Kier alpha value is -2.83. The van der Waals surface area contributed by atoms with Gasteiger partial charge in [0.1, 0.15) is 0 Å². The third-order valence-electron chi connectivity index (χ3n) is 5.36. The molecule has 2 heterocycles. The Kier molecular flexibility index (Phi) is 4.72. The fourth-order valence-electron chi connectivity index (χ4n) is 4.11. The topological polar surface area (TPSA) is 25.8 Å². The average Bonchev–Trinajstić information content (AvgIpc) is 2.93. The van der Waals surface area contributed by atoms with Crippen molar-refractivity contribution in [2.45, 2.75) is 18.5 Å². The first-order chi connectivity index (χ1) is 13.9. The van der Waals surface area contributed by atoms with Gasteiger partial charge in [0.2, 0.25) is 0 Å². The summed E-state index contributed by atoms with van der Waals surface area (Å²) in [4.78, 5) is 9.60. The van der Waals surface area contributed by atoms with Crippen molar-refractivity contribution in [2.24, 2.45) is 0 Å². The molecule has 2 nitrogen and oxygen atoms in total. The first kappa shape index (κ1) is 17.3. The van der Waals surface area contributed by atoms with E-state index in [1.807, 2.05) is 24.5 Å². The van der Waals surface area contributed by atoms with Crippen LogP contribution in [0.3, 0.4) is 0 Å². The molecule has 1 atom stereocenters. The molecule has 0 amide bonds. The standard InChI is InChI=1S/C25H21N2P/c1-3-11-21-19(9-1)15-16-20-10-2-4-12-22(20)25(21)28(23-13-5-7-17-26-23)24-14-6-8-18-27-24/h1-3,5-11,13-18,25H,4,12H2. The van der Waals surface area contributed by atoms with Gasteiger partial charge in [0.25, 0.3) is 0 Å². The van der Waals surface area contributed by atoms with E-state index in [0.29, 0.717) is 0 Å². The lowest BCUT2D eigenvalue weighted by Gasteiger charge is -2.31. The minimum atomic E-state index is -0.770. The van der Waals surface area contributed by atoms with Gasteiger partial charge in [-0.2, -0.15) is 0 Å². The van der Waals surface area contributed by atoms with Crippen LogP contribution in [0.15, 0.2) is 102 Å². The van der Waals surface area contributed by atoms with Crippen molar-refractivity contribution in [1.82, 2.24) is 9.97 Å². The van der Waals surface area contributed by atoms with Crippen molar-refractivity contribution in [2.75, 3.05) is 0 Å². The molecule has 136 valence electrons. The number of rotatable bonds is 3. The monoisotopic (exact) mass is 380 g/mol. The number of hydrogen-bond acceptors (Lipinski definition) is 2. The fraction of sp³-hybridized carbons (Fsp3) is 0.120. The van der Waals surface area contributed by atoms with Crippen LogP contribution >= 0.6 is 7.92 Å². The molecular weight excluding hydrogens is 359 g/mol. The Morgan fingerprint density at radius 3 is 2.18 bits per heavy atom. The van der Waals surface area contributed by atoms with E-state index < -0.39 is 7.92 Å². The number of hydrogen-bond donors (Lipinski definition) is 0. The molecule has 0 fully saturated rings. The molecule has 0 bridgehead atoms. The van der Waals surface area contributed by atoms with Crippen LogP contribution in [-0.2, 0) is 0 Å². The number of nitrogens with zero attached hydrogens (tertiary/aromatic N) is 2. The predicted molar refractivity (Wildman–Crippen MR) is 118 cm³/mol. The molecule has 2 aromatic heterocycles. The van der Waals surface area contributed by atoms with E-state index in [1.54, 1.807) is 0 Å². The van der Waals surface area contributed by atoms with Gasteiger partial charge in [-0.3, -0.25) is 9.97 Å². The highest BCUT2D eigenvalue weighted by molar-refractivity contribution is 7.73. The SMILES string of the molecule is C1=CC2=C(CC1)C(P(c1ccccn1)c1ccccn1)c1ccccc1C=C2. The van der Waals surface area contributed by atoms with Crippen LogP contribution < -0.4 is 10.9 Å². The summed E-state index contributed by atoms with van der Waals surface area (Å²) in [6.07, 6.45) is 15.1. The summed E-state index contributed by atoms with van der Waals surface area (Å²) in [5.41, 5.74) is 8.12. The van der Waals surface area contributed by atoms with Crippen molar-refractivity contribution in [3.63, 3.8) is 0 Å². The van der Waals surface area contributed by atoms with E-state index >= 15 is 0 Å². The van der Waals surface area contributed by atoms with Crippen LogP contribution in [0.4, 0.5) is 0 Å². The minimum Gasteiger partial charge on any atom is -0.256 e. The van der Waals surface area contributed by atoms with Crippen LogP contribution in [0.5, 0.6) is 0 Å². The summed E-state index contributed by atoms with van der Waals surface area (Å²) in [7, 11) is -0.770. The van der Waals surface area contributed by atoms with Crippen LogP contribution in [0, 0.1) is 0 Å². The van der Waals surface area contributed by atoms with Gasteiger partial charge in [-0.05, 0) is 53.8 Å². The smallest absolute Gasteiger partial charge is 0.0701 e. The van der Waals surface area contributed by atoms with Crippen molar-refractivity contribution < 1.29 is 0 Å². The number of fused-ring (bicyclic) bond motifs is 1. The molecule has 0 aliphatic heterocycles. The highest BCUT2D eigenvalue weighted by Gasteiger charge is 2.34. The summed E-state index contributed by atoms with van der Waals surface area (Å²) >= 11 is 0. The lowest BCUT2D eigenvalue weighted by molar-refractivity contribution is 0.885. The molecule has 0 radical (unpaired) electrons. The normalized spacial score (nSPS) is 18.0. The molecule has 0 saturated carbocycles. The van der Waals surface area contributed by atoms with Crippen LogP contribution in [0.2, 0.25) is 0 Å². The number of aromatic nitrogens is 2. The maximum atomic E-state index is 4.80. The zero-order chi connectivity index (χ0) is 18.8. The molecule has 1 aromatic carbocycles. The van der Waals surface area contributed by atoms with Crippen LogP contribution in [0.25, 0.3) is 6.08 Å². The van der Waals surface area contributed by atoms with E-state index in [9.17, 15) is 0 Å². The second kappa shape index (κ2) is 7.66. The Morgan fingerprint density at radius 2 is 1.46 bits per heavy atom. The molecule has 5 rings (SSSR count). The third-order valence-corrected chi connectivity index (χ3v) is 7.98. The third kappa shape index (κ3) is 3.15. The van der Waals surface area contributed by atoms with Gasteiger partial charge in [0.05, 0.1) is 10.9 Å². The predicted octanol–water partition coefficient (Wildman–Crippen LogP) is 5.32. The molecule has 3 aromatic rings. The van der Waals surface area contributed by atoms with Gasteiger partial charge in [0.15, 0.2) is 0 Å². The molecule has 0 saturated heterocycles. The first-order valence-electron chi connectivity index (χ1n) is 9.70. The summed E-state index contributed by atoms with van der Waals surface area (Å²) in [5, 5.41) is 0. The number of allylic oxidation sites excluding steroid dienone is 5. The summed E-state index contributed by atoms with van der Waals surface area (Å²) in [6, 6.07) is 21.3. The van der Waals surface area contributed by atoms with Gasteiger partial charge < -0.3 is 0 Å². The first-order valence-corrected chi connectivity index (χ1v) is 11.1. The molecule has 0 N–H and O–H groups in total. The molecule has 0 spiro atoms. The Balaban J connectivity index is 1.78. The fourth-order valence-corrected chi connectivity index (χ4v) is 6.85. The number of pyridine rings is 2. The van der Waals surface area contributed by atoms with E-state index in [-0.39, 0.29) is 5.66 Å². The molecular formula is C25H21N2P. The maximum absolute atomic E-state index is 4.80. The lowest BCUT2D eigenvalue weighted by atomic mass is 9.92. The lowest BCUT2D eigenvalue weighted by Crippen LogP contribution is -2.23. The molecule has 1 unspecified atom stereocenters. The highest BCUT2D eigenvalue weighted by atomic mass is 31.1. The van der Waals surface area contributed by atoms with Gasteiger partial charge in [0, 0.05) is 26.0 Å². The van der Waals surface area contributed by atoms with Crippen LogP contribution in [0.1, 0.15) is 29.6 Å². The molecule has 2 aliphatic rings. The van der Waals surface area contributed by atoms with Crippen molar-refractivity contribution >= 4 is 24.9 Å². The van der Waals surface area contributed by atoms with Crippen molar-refractivity contribution in [3.05, 3.63) is 114 Å². The van der Waals surface area contributed by atoms with E-state index in [4.69, 9.17) is 9.97 Å². The van der Waals surface area contributed by atoms with Gasteiger partial charge in [-0.15, -0.1) is 0 Å². The summed E-state index contributed by atoms with van der Waals surface area (Å²) in [5.74, 6) is 0. The largest absolute Gasteiger partial charge is 0.256 e. The van der Waals surface area contributed by atoms with Crippen molar-refractivity contribution in [3.8, 4) is 0 Å². The van der Waals surface area contributed by atoms with Gasteiger partial charge in [-0.1, -0.05) is 66.3 Å². The Labute approximate surface area is 167 Å². The highest BCUT2D eigenvalue weighted by Crippen LogP contribution is 2.56. The zero-order valence-electron chi connectivity index (χ0n) is 15.6. The Bertz CT molecular complexity index is 1030. The van der Waals surface area contributed by atoms with Gasteiger partial charge in [-0.25, -0.2) is 0 Å². The van der Waals surface area contributed by atoms with E-state index in [1.165, 1.54) is 22.3 Å². The number of benzene rings is 1. The van der Waals surface area contributed by atoms with E-state index in [0.717, 1.165) is 23.7 Å². The molecule has 28 heavy (non-hydrogen) atoms. The summed E-state index contributed by atoms with van der Waals surface area (Å²) in [6.45, 7) is 0. The quantitative estimate of drug-likeness (QED) is 0.575. The van der Waals surface area contributed by atoms with Crippen LogP contribution in [-0.4, -0.2) is 9.97 Å². The minimum absolute atomic E-state index is 0.283. The van der Waals surface area contributed by atoms with Crippen molar-refractivity contribution in [1.29, 1.82) is 0 Å². The Morgan fingerprint density at radius 1 is 0.750 bits per heavy atom. The van der Waals surface area contributed by atoms with Gasteiger partial charge >= 0.3 is 0 Å². The summed E-state index contributed by atoms with van der Waals surface area (Å²) < 4.78 is 0. The molecule has 2 aliphatic carbocycles. The zero-order valence-corrected chi connectivity index (χ0v) is 16.5. The maximum Gasteiger partial charge on any atom is 0.0701 e.